The molecule has 0 saturated carbocycles. The Morgan fingerprint density at radius 1 is 1.24 bits per heavy atom. The monoisotopic (exact) mass is 357 g/mol. The molecule has 2 N–H and O–H groups in total. The van der Waals surface area contributed by atoms with E-state index >= 15 is 0 Å². The van der Waals surface area contributed by atoms with Crippen molar-refractivity contribution in [2.75, 3.05) is 13.1 Å². The minimum Gasteiger partial charge on any atom is -0.331 e. The molecule has 1 amide bonds. The second-order valence-corrected chi connectivity index (χ2v) is 6.75. The molecular weight excluding hydrogens is 336 g/mol. The highest BCUT2D eigenvalue weighted by atomic mass is 35.5. The standard InChI is InChI=1S/C19H21ClN4O/c20-17-6-4-15(5-7-17)14-24-11-8-16(9-12-24)19(25)23-22-13-18-3-1-2-10-21-18/h1-7,10,13,16H,8-9,11-12,14H2,(H,23,25)/p+1/b22-13-. The molecule has 130 valence electrons. The number of carbonyl (C=O) groups is 1. The lowest BCUT2D eigenvalue weighted by atomic mass is 9.96. The number of benzene rings is 1. The lowest BCUT2D eigenvalue weighted by Gasteiger charge is -2.28. The zero-order valence-corrected chi connectivity index (χ0v) is 14.7. The number of hydrazone groups is 1. The summed E-state index contributed by atoms with van der Waals surface area (Å²) in [5, 5.41) is 4.77. The number of piperidine rings is 1. The number of pyridine rings is 1. The van der Waals surface area contributed by atoms with Gasteiger partial charge in [0.1, 0.15) is 6.54 Å². The van der Waals surface area contributed by atoms with Gasteiger partial charge in [0.25, 0.3) is 0 Å². The molecule has 6 heteroatoms. The van der Waals surface area contributed by atoms with Crippen LogP contribution in [0.15, 0.2) is 53.8 Å². The van der Waals surface area contributed by atoms with Gasteiger partial charge in [-0.1, -0.05) is 29.8 Å². The van der Waals surface area contributed by atoms with Crippen LogP contribution in [-0.2, 0) is 11.3 Å². The number of nitrogens with zero attached hydrogens (tertiary/aromatic N) is 2. The van der Waals surface area contributed by atoms with Crippen molar-refractivity contribution >= 4 is 23.7 Å². The van der Waals surface area contributed by atoms with E-state index in [4.69, 9.17) is 11.6 Å². The number of quaternary nitrogens is 1. The summed E-state index contributed by atoms with van der Waals surface area (Å²) < 4.78 is 0. The molecule has 5 nitrogen and oxygen atoms in total. The van der Waals surface area contributed by atoms with Gasteiger partial charge in [-0.15, -0.1) is 0 Å². The number of carbonyl (C=O) groups excluding carboxylic acids is 1. The molecule has 1 aromatic carbocycles. The smallest absolute Gasteiger partial charge is 0.243 e. The second-order valence-electron chi connectivity index (χ2n) is 6.32. The van der Waals surface area contributed by atoms with Crippen LogP contribution < -0.4 is 10.3 Å². The molecule has 0 aliphatic carbocycles. The Hall–Kier alpha value is -2.24. The Morgan fingerprint density at radius 3 is 2.68 bits per heavy atom. The van der Waals surface area contributed by atoms with Crippen molar-refractivity contribution in [2.45, 2.75) is 19.4 Å². The first-order chi connectivity index (χ1) is 12.2. The summed E-state index contributed by atoms with van der Waals surface area (Å²) in [6, 6.07) is 13.6. The highest BCUT2D eigenvalue weighted by Crippen LogP contribution is 2.11. The van der Waals surface area contributed by atoms with Crippen molar-refractivity contribution < 1.29 is 9.69 Å². The Balaban J connectivity index is 1.43. The zero-order valence-electron chi connectivity index (χ0n) is 14.0. The topological polar surface area (TPSA) is 58.8 Å². The summed E-state index contributed by atoms with van der Waals surface area (Å²) in [5.74, 6) is 0.0348. The van der Waals surface area contributed by atoms with Crippen LogP contribution in [-0.4, -0.2) is 30.2 Å². The third-order valence-corrected chi connectivity index (χ3v) is 4.74. The maximum Gasteiger partial charge on any atom is 0.243 e. The molecule has 2 heterocycles. The molecule has 1 fully saturated rings. The molecule has 1 saturated heterocycles. The lowest BCUT2D eigenvalue weighted by Crippen LogP contribution is -3.11. The van der Waals surface area contributed by atoms with E-state index in [0.717, 1.165) is 43.2 Å². The first-order valence-electron chi connectivity index (χ1n) is 8.52. The highest BCUT2D eigenvalue weighted by Gasteiger charge is 2.27. The number of nitrogens with one attached hydrogen (secondary N) is 2. The molecular formula is C19H22ClN4O+. The molecule has 0 unspecified atom stereocenters. The fourth-order valence-corrected chi connectivity index (χ4v) is 3.19. The molecule has 1 aromatic heterocycles. The van der Waals surface area contributed by atoms with E-state index in [0.29, 0.717) is 0 Å². The van der Waals surface area contributed by atoms with Gasteiger partial charge in [-0.05, 0) is 24.3 Å². The van der Waals surface area contributed by atoms with E-state index in [1.807, 2.05) is 30.3 Å². The Kier molecular flexibility index (Phi) is 6.14. The summed E-state index contributed by atoms with van der Waals surface area (Å²) in [6.07, 6.45) is 5.03. The summed E-state index contributed by atoms with van der Waals surface area (Å²) in [5.41, 5.74) is 4.64. The zero-order chi connectivity index (χ0) is 17.5. The Labute approximate surface area is 152 Å². The van der Waals surface area contributed by atoms with Gasteiger partial charge < -0.3 is 4.90 Å². The van der Waals surface area contributed by atoms with E-state index in [2.05, 4.69) is 27.6 Å². The molecule has 3 rings (SSSR count). The molecule has 2 aromatic rings. The number of aromatic nitrogens is 1. The molecule has 1 aliphatic rings. The summed E-state index contributed by atoms with van der Waals surface area (Å²) in [6.45, 7) is 2.96. The maximum absolute atomic E-state index is 12.2. The van der Waals surface area contributed by atoms with E-state index in [1.165, 1.54) is 10.5 Å². The van der Waals surface area contributed by atoms with Gasteiger partial charge in [-0.2, -0.15) is 5.10 Å². The average molecular weight is 358 g/mol. The SMILES string of the molecule is O=C(N/N=C\c1ccccn1)C1CC[NH+](Cc2ccc(Cl)cc2)CC1. The number of likely N-dealkylation sites (tertiary alicyclic amines) is 1. The van der Waals surface area contributed by atoms with E-state index in [1.54, 1.807) is 12.4 Å². The number of hydrogen-bond acceptors (Lipinski definition) is 3. The van der Waals surface area contributed by atoms with Crippen molar-refractivity contribution in [3.05, 3.63) is 64.9 Å². The third kappa shape index (κ3) is 5.37. The third-order valence-electron chi connectivity index (χ3n) is 4.49. The predicted molar refractivity (Wildman–Crippen MR) is 98.6 cm³/mol. The average Bonchev–Trinajstić information content (AvgIpc) is 2.65. The quantitative estimate of drug-likeness (QED) is 0.632. The van der Waals surface area contributed by atoms with Gasteiger partial charge in [0, 0.05) is 29.6 Å². The highest BCUT2D eigenvalue weighted by molar-refractivity contribution is 6.30. The fraction of sp³-hybridized carbons (Fsp3) is 0.316. The van der Waals surface area contributed by atoms with Gasteiger partial charge in [0.15, 0.2) is 0 Å². The maximum atomic E-state index is 12.2. The van der Waals surface area contributed by atoms with Crippen LogP contribution in [0.25, 0.3) is 0 Å². The molecule has 0 bridgehead atoms. The first kappa shape index (κ1) is 17.6. The van der Waals surface area contributed by atoms with Crippen molar-refractivity contribution in [3.63, 3.8) is 0 Å². The Morgan fingerprint density at radius 2 is 2.00 bits per heavy atom. The summed E-state index contributed by atoms with van der Waals surface area (Å²) in [7, 11) is 0. The largest absolute Gasteiger partial charge is 0.331 e. The fourth-order valence-electron chi connectivity index (χ4n) is 3.06. The van der Waals surface area contributed by atoms with E-state index in [-0.39, 0.29) is 11.8 Å². The van der Waals surface area contributed by atoms with Crippen molar-refractivity contribution in [3.8, 4) is 0 Å². The van der Waals surface area contributed by atoms with Crippen molar-refractivity contribution in [2.24, 2.45) is 11.0 Å². The van der Waals surface area contributed by atoms with Crippen LogP contribution in [0.2, 0.25) is 5.02 Å². The van der Waals surface area contributed by atoms with Crippen LogP contribution >= 0.6 is 11.6 Å². The number of amides is 1. The molecule has 0 radical (unpaired) electrons. The van der Waals surface area contributed by atoms with Crippen LogP contribution in [0.5, 0.6) is 0 Å². The lowest BCUT2D eigenvalue weighted by molar-refractivity contribution is -0.919. The van der Waals surface area contributed by atoms with Crippen LogP contribution in [0.1, 0.15) is 24.1 Å². The second kappa shape index (κ2) is 8.74. The number of halogens is 1. The Bertz CT molecular complexity index is 710. The van der Waals surface area contributed by atoms with Crippen LogP contribution in [0.3, 0.4) is 0 Å². The number of rotatable bonds is 5. The predicted octanol–water partition coefficient (Wildman–Crippen LogP) is 1.68. The summed E-state index contributed by atoms with van der Waals surface area (Å²) >= 11 is 5.92. The normalized spacial score (nSPS) is 20.5. The minimum atomic E-state index is -0.00211. The van der Waals surface area contributed by atoms with E-state index in [9.17, 15) is 4.79 Å². The number of hydrogen-bond donors (Lipinski definition) is 2. The molecule has 0 atom stereocenters. The van der Waals surface area contributed by atoms with Gasteiger partial charge in [0.05, 0.1) is 30.9 Å². The van der Waals surface area contributed by atoms with Crippen LogP contribution in [0, 0.1) is 5.92 Å². The minimum absolute atomic E-state index is 0.00211. The first-order valence-corrected chi connectivity index (χ1v) is 8.90. The van der Waals surface area contributed by atoms with Crippen molar-refractivity contribution in [1.82, 2.24) is 10.4 Å². The van der Waals surface area contributed by atoms with Gasteiger partial charge in [-0.3, -0.25) is 9.78 Å². The van der Waals surface area contributed by atoms with E-state index < -0.39 is 0 Å². The van der Waals surface area contributed by atoms with Gasteiger partial charge in [-0.25, -0.2) is 5.43 Å². The van der Waals surface area contributed by atoms with Gasteiger partial charge in [0.2, 0.25) is 5.91 Å². The molecule has 25 heavy (non-hydrogen) atoms. The molecule has 1 aliphatic heterocycles. The molecule has 0 spiro atoms. The van der Waals surface area contributed by atoms with Crippen LogP contribution in [0.4, 0.5) is 0 Å². The van der Waals surface area contributed by atoms with Crippen molar-refractivity contribution in [1.29, 1.82) is 0 Å². The van der Waals surface area contributed by atoms with Gasteiger partial charge >= 0.3 is 0 Å². The summed E-state index contributed by atoms with van der Waals surface area (Å²) in [4.78, 5) is 17.9.